The molecule has 0 N–H and O–H groups in total. The molecule has 4 aliphatic rings. The average Bonchev–Trinajstić information content (AvgIpc) is 3.27. The van der Waals surface area contributed by atoms with Crippen LogP contribution in [0, 0.1) is 0 Å². The number of rotatable bonds is 17. The third-order valence-corrected chi connectivity index (χ3v) is 18.1. The number of sulfonamides is 4. The van der Waals surface area contributed by atoms with Crippen LogP contribution in [0.1, 0.15) is 0 Å². The van der Waals surface area contributed by atoms with Crippen LogP contribution in [0.4, 0.5) is 80.2 Å². The zero-order chi connectivity index (χ0) is 66.4. The van der Waals surface area contributed by atoms with Gasteiger partial charge in [0, 0.05) is 116 Å². The summed E-state index contributed by atoms with van der Waals surface area (Å²) in [7, 11) is -12.8. The number of aromatic nitrogens is 3. The summed E-state index contributed by atoms with van der Waals surface area (Å²) in [6.07, 6.45) is -13.4. The number of benzene rings is 2. The molecule has 23 nitrogen and oxygen atoms in total. The van der Waals surface area contributed by atoms with Crippen LogP contribution in [0.25, 0.3) is 0 Å². The Morgan fingerprint density at radius 2 is 0.674 bits per heavy atom. The maximum absolute atomic E-state index is 12.8. The van der Waals surface area contributed by atoms with Crippen molar-refractivity contribution in [1.82, 2.24) is 32.2 Å². The molecule has 0 unspecified atom stereocenters. The third kappa shape index (κ3) is 25.5. The van der Waals surface area contributed by atoms with Crippen LogP contribution < -0.4 is 38.5 Å². The lowest BCUT2D eigenvalue weighted by Crippen LogP contribution is -2.48. The van der Waals surface area contributed by atoms with Crippen molar-refractivity contribution in [3.63, 3.8) is 0 Å². The highest BCUT2D eigenvalue weighted by atomic mass is 32.2. The second-order valence-electron chi connectivity index (χ2n) is 19.8. The van der Waals surface area contributed by atoms with Gasteiger partial charge in [0.05, 0.1) is 43.6 Å². The van der Waals surface area contributed by atoms with Crippen molar-refractivity contribution in [2.24, 2.45) is 0 Å². The molecule has 4 fully saturated rings. The molecule has 502 valence electrons. The van der Waals surface area contributed by atoms with Crippen LogP contribution in [0.2, 0.25) is 0 Å². The Bertz CT molecular complexity index is 3040. The molecule has 40 heteroatoms. The van der Waals surface area contributed by atoms with E-state index in [0.717, 1.165) is 36.8 Å². The number of pyridine rings is 1. The number of halogens is 13. The number of anilines is 4. The van der Waals surface area contributed by atoms with E-state index in [2.05, 4.69) is 33.9 Å². The molecule has 4 aliphatic heterocycles. The number of ether oxygens (including phenoxy) is 4. The minimum absolute atomic E-state index is 0.0378. The van der Waals surface area contributed by atoms with Crippen molar-refractivity contribution in [2.45, 2.75) is 31.1 Å². The van der Waals surface area contributed by atoms with E-state index in [-0.39, 0.29) is 23.0 Å². The molecule has 0 bridgehead atoms. The van der Waals surface area contributed by atoms with Crippen LogP contribution in [-0.2, 0) is 40.1 Å². The number of nitrogens with zero attached hydrogens (tertiary/aromatic N) is 11. The predicted molar refractivity (Wildman–Crippen MR) is 300 cm³/mol. The molecule has 8 rings (SSSR count). The van der Waals surface area contributed by atoms with Gasteiger partial charge in [-0.3, -0.25) is 0 Å². The van der Waals surface area contributed by atoms with E-state index in [1.54, 1.807) is 23.1 Å². The SMILES string of the molecule is CS(=O)(=O)N1CCN(c2ccc(OC(F)(F)C(F)F)cc2)CC1.CS(=O)(=O)N1CCN(c2ccc(OCC(F)(F)F)cc2)CC1.CS(=O)(=O)N1CCN(c2ccc(OCC(F)(F)F)cn2)CC1.CS(=O)(=O)N1CCN(c2ncc(OCC(F)(F)F)cn2)CC1. The number of hydrogen-bond acceptors (Lipinski definition) is 19. The molecule has 4 aromatic rings. The monoisotopic (exact) mass is 1370 g/mol. The van der Waals surface area contributed by atoms with Gasteiger partial charge in [-0.25, -0.2) is 48.6 Å². The fraction of sp³-hybridized carbons (Fsp3) is 0.571. The Balaban J connectivity index is 0.000000216. The second-order valence-corrected chi connectivity index (χ2v) is 27.8. The first kappa shape index (κ1) is 73.5. The van der Waals surface area contributed by atoms with E-state index in [1.165, 1.54) is 72.1 Å². The van der Waals surface area contributed by atoms with E-state index in [9.17, 15) is 90.7 Å². The molecule has 0 aliphatic carbocycles. The highest BCUT2D eigenvalue weighted by molar-refractivity contribution is 7.89. The lowest BCUT2D eigenvalue weighted by Gasteiger charge is -2.34. The van der Waals surface area contributed by atoms with Crippen LogP contribution >= 0.6 is 0 Å². The fourth-order valence-electron chi connectivity index (χ4n) is 8.39. The first-order valence-electron chi connectivity index (χ1n) is 26.3. The summed E-state index contributed by atoms with van der Waals surface area (Å²) in [4.78, 5) is 19.4. The summed E-state index contributed by atoms with van der Waals surface area (Å²) in [5.74, 6) is 0.649. The first-order chi connectivity index (χ1) is 41.0. The van der Waals surface area contributed by atoms with E-state index < -0.39 is 91.0 Å². The molecule has 4 saturated heterocycles. The van der Waals surface area contributed by atoms with Crippen LogP contribution in [-0.4, -0.2) is 246 Å². The Hall–Kier alpha value is -6.20. The largest absolute Gasteiger partial charge is 0.484 e. The van der Waals surface area contributed by atoms with Gasteiger partial charge in [-0.05, 0) is 60.7 Å². The summed E-state index contributed by atoms with van der Waals surface area (Å²) in [6.45, 7) is 2.42. The molecule has 0 amide bonds. The maximum Gasteiger partial charge on any atom is 0.461 e. The van der Waals surface area contributed by atoms with Crippen LogP contribution in [0.3, 0.4) is 0 Å². The maximum atomic E-state index is 12.8. The van der Waals surface area contributed by atoms with Gasteiger partial charge in [0.1, 0.15) is 23.1 Å². The number of piperazine rings is 4. The lowest BCUT2D eigenvalue weighted by atomic mass is 10.2. The third-order valence-electron chi connectivity index (χ3n) is 12.9. The molecule has 2 aromatic carbocycles. The van der Waals surface area contributed by atoms with Crippen molar-refractivity contribution < 1.29 is 110 Å². The minimum Gasteiger partial charge on any atom is -0.484 e. The minimum atomic E-state index is -4.54. The van der Waals surface area contributed by atoms with Crippen molar-refractivity contribution in [1.29, 1.82) is 0 Å². The molecule has 2 aromatic heterocycles. The Morgan fingerprint density at radius 3 is 0.989 bits per heavy atom. The fourth-order valence-corrected chi connectivity index (χ4v) is 11.7. The van der Waals surface area contributed by atoms with Gasteiger partial charge in [-0.1, -0.05) is 0 Å². The molecule has 6 heterocycles. The molecule has 0 spiro atoms. The lowest BCUT2D eigenvalue weighted by molar-refractivity contribution is -0.253. The van der Waals surface area contributed by atoms with Gasteiger partial charge in [0.25, 0.3) is 0 Å². The Morgan fingerprint density at radius 1 is 0.382 bits per heavy atom. The Kier molecular flexibility index (Phi) is 25.4. The molecular weight excluding hydrogens is 1310 g/mol. The van der Waals surface area contributed by atoms with Crippen molar-refractivity contribution in [3.8, 4) is 23.0 Å². The Labute approximate surface area is 505 Å². The molecular formula is C49H64F13N11O12S4. The quantitative estimate of drug-likeness (QED) is 0.122. The summed E-state index contributed by atoms with van der Waals surface area (Å²) in [6, 6.07) is 14.5. The van der Waals surface area contributed by atoms with E-state index in [4.69, 9.17) is 0 Å². The summed E-state index contributed by atoms with van der Waals surface area (Å²) < 4.78 is 273. The predicted octanol–water partition coefficient (Wildman–Crippen LogP) is 5.32. The van der Waals surface area contributed by atoms with Gasteiger partial charge in [-0.2, -0.15) is 74.3 Å². The van der Waals surface area contributed by atoms with Gasteiger partial charge in [0.15, 0.2) is 25.6 Å². The van der Waals surface area contributed by atoms with E-state index >= 15 is 0 Å². The summed E-state index contributed by atoms with van der Waals surface area (Å²) >= 11 is 0. The van der Waals surface area contributed by atoms with Crippen molar-refractivity contribution in [3.05, 3.63) is 79.3 Å². The average molecular weight is 1370 g/mol. The van der Waals surface area contributed by atoms with E-state index in [0.29, 0.717) is 122 Å². The highest BCUT2D eigenvalue weighted by Crippen LogP contribution is 2.30. The zero-order valence-corrected chi connectivity index (χ0v) is 51.1. The van der Waals surface area contributed by atoms with Gasteiger partial charge in [-0.15, -0.1) is 0 Å². The molecule has 89 heavy (non-hydrogen) atoms. The van der Waals surface area contributed by atoms with Gasteiger partial charge < -0.3 is 38.5 Å². The van der Waals surface area contributed by atoms with Gasteiger partial charge in [0.2, 0.25) is 46.0 Å². The smallest absolute Gasteiger partial charge is 0.461 e. The molecule has 0 saturated carbocycles. The van der Waals surface area contributed by atoms with Crippen molar-refractivity contribution >= 4 is 63.2 Å². The van der Waals surface area contributed by atoms with Crippen molar-refractivity contribution in [2.75, 3.05) is 169 Å². The molecule has 0 radical (unpaired) electrons. The number of alkyl halides is 13. The van der Waals surface area contributed by atoms with Gasteiger partial charge >= 0.3 is 31.1 Å². The molecule has 0 atom stereocenters. The first-order valence-corrected chi connectivity index (χ1v) is 33.7. The van der Waals surface area contributed by atoms with E-state index in [1.807, 2.05) is 14.7 Å². The second kappa shape index (κ2) is 30.7. The highest BCUT2D eigenvalue weighted by Gasteiger charge is 2.44. The normalized spacial score (nSPS) is 17.6. The van der Waals surface area contributed by atoms with Crippen LogP contribution in [0.5, 0.6) is 23.0 Å². The zero-order valence-electron chi connectivity index (χ0n) is 47.9. The summed E-state index contributed by atoms with van der Waals surface area (Å²) in [5.41, 5.74) is 1.50. The number of hydrogen-bond donors (Lipinski definition) is 0. The van der Waals surface area contributed by atoms with Crippen LogP contribution in [0.15, 0.2) is 79.3 Å². The summed E-state index contributed by atoms with van der Waals surface area (Å²) in [5, 5.41) is 0. The standard InChI is InChI=1S/C13H16F4N2O3S.C13H17F3N2O3S.C12H16F3N3O3S.C11H15F3N4O3S/c1-23(20,21)19-8-6-18(7-9-19)10-2-4-11(5-3-10)22-13(16,17)12(14)15;1-22(19,20)18-8-6-17(7-9-18)11-2-4-12(5-3-11)21-10-13(14,15)16;1-22(19,20)18-6-4-17(5-7-18)11-3-2-10(8-16-11)21-9-12(13,14)15;1-22(19,20)18-4-2-17(3-5-18)10-15-6-9(7-16-10)21-8-11(12,13)14/h2-5,12H,6-9H2,1H3;2-5H,6-10H2,1H3;2-3,8H,4-7,9H2,1H3;6-7H,2-5,8H2,1H3. The topological polar surface area (TPSA) is 238 Å².